The van der Waals surface area contributed by atoms with E-state index in [1.54, 1.807) is 18.2 Å². The molecule has 1 aromatic rings. The van der Waals surface area contributed by atoms with E-state index in [1.165, 1.54) is 7.11 Å². The van der Waals surface area contributed by atoms with Crippen molar-refractivity contribution in [2.45, 2.75) is 31.1 Å². The number of aromatic hydroxyl groups is 1. The monoisotopic (exact) mass is 299 g/mol. The minimum Gasteiger partial charge on any atom is -0.504 e. The summed E-state index contributed by atoms with van der Waals surface area (Å²) in [5, 5.41) is 12.5. The second-order valence-electron chi connectivity index (χ2n) is 5.19. The van der Waals surface area contributed by atoms with Crippen molar-refractivity contribution in [3.05, 3.63) is 23.8 Å². The van der Waals surface area contributed by atoms with E-state index in [1.807, 2.05) is 6.92 Å². The van der Waals surface area contributed by atoms with E-state index in [2.05, 4.69) is 5.32 Å². The molecule has 2 N–H and O–H groups in total. The summed E-state index contributed by atoms with van der Waals surface area (Å²) in [6.45, 7) is 2.43. The molecule has 1 aliphatic rings. The van der Waals surface area contributed by atoms with Crippen molar-refractivity contribution in [2.24, 2.45) is 0 Å². The van der Waals surface area contributed by atoms with Crippen LogP contribution in [0, 0.1) is 0 Å². The van der Waals surface area contributed by atoms with Crippen molar-refractivity contribution in [3.63, 3.8) is 0 Å². The summed E-state index contributed by atoms with van der Waals surface area (Å²) in [6.07, 6.45) is 1.50. The molecule has 0 spiro atoms. The van der Waals surface area contributed by atoms with Crippen LogP contribution in [0.2, 0.25) is 0 Å². The maximum atomic E-state index is 11.8. The normalized spacial score (nSPS) is 22.6. The van der Waals surface area contributed by atoms with Crippen LogP contribution in [-0.2, 0) is 9.84 Å². The quantitative estimate of drug-likeness (QED) is 0.864. The molecule has 2 atom stereocenters. The molecule has 0 aliphatic carbocycles. The van der Waals surface area contributed by atoms with Crippen LogP contribution >= 0.6 is 0 Å². The molecule has 112 valence electrons. The molecule has 1 fully saturated rings. The summed E-state index contributed by atoms with van der Waals surface area (Å²) >= 11 is 0. The number of benzene rings is 1. The van der Waals surface area contributed by atoms with Gasteiger partial charge in [0.15, 0.2) is 21.3 Å². The van der Waals surface area contributed by atoms with E-state index >= 15 is 0 Å². The van der Waals surface area contributed by atoms with Crippen molar-refractivity contribution >= 4 is 9.84 Å². The van der Waals surface area contributed by atoms with E-state index in [9.17, 15) is 13.5 Å². The molecule has 2 unspecified atom stereocenters. The second-order valence-corrected chi connectivity index (χ2v) is 7.59. The smallest absolute Gasteiger partial charge is 0.160 e. The summed E-state index contributed by atoms with van der Waals surface area (Å²) in [4.78, 5) is 0. The zero-order valence-electron chi connectivity index (χ0n) is 11.8. The molecular formula is C14H21NO4S. The van der Waals surface area contributed by atoms with Gasteiger partial charge >= 0.3 is 0 Å². The molecule has 1 aliphatic heterocycles. The lowest BCUT2D eigenvalue weighted by Crippen LogP contribution is -2.32. The molecular weight excluding hydrogens is 278 g/mol. The van der Waals surface area contributed by atoms with Crippen LogP contribution in [0.4, 0.5) is 0 Å². The summed E-state index contributed by atoms with van der Waals surface area (Å²) in [5.41, 5.74) is 0.954. The molecule has 20 heavy (non-hydrogen) atoms. The molecule has 0 aromatic heterocycles. The van der Waals surface area contributed by atoms with E-state index in [0.29, 0.717) is 18.0 Å². The second kappa shape index (κ2) is 6.01. The van der Waals surface area contributed by atoms with Crippen LogP contribution in [0.1, 0.15) is 31.4 Å². The fourth-order valence-corrected chi connectivity index (χ4v) is 4.26. The van der Waals surface area contributed by atoms with Crippen molar-refractivity contribution < 1.29 is 18.3 Å². The largest absolute Gasteiger partial charge is 0.504 e. The van der Waals surface area contributed by atoms with Crippen LogP contribution in [0.25, 0.3) is 0 Å². The van der Waals surface area contributed by atoms with Crippen LogP contribution in [0.3, 0.4) is 0 Å². The molecule has 1 heterocycles. The van der Waals surface area contributed by atoms with Gasteiger partial charge in [0, 0.05) is 12.6 Å². The number of hydrogen-bond donors (Lipinski definition) is 2. The first-order valence-corrected chi connectivity index (χ1v) is 8.47. The highest BCUT2D eigenvalue weighted by molar-refractivity contribution is 7.92. The Morgan fingerprint density at radius 1 is 1.50 bits per heavy atom. The molecule has 2 rings (SSSR count). The van der Waals surface area contributed by atoms with E-state index in [-0.39, 0.29) is 17.0 Å². The molecule has 1 saturated heterocycles. The maximum Gasteiger partial charge on any atom is 0.160 e. The average Bonchev–Trinajstić information content (AvgIpc) is 2.75. The van der Waals surface area contributed by atoms with Gasteiger partial charge in [0.25, 0.3) is 0 Å². The molecule has 0 bridgehead atoms. The van der Waals surface area contributed by atoms with Crippen LogP contribution in [0.15, 0.2) is 18.2 Å². The SMILES string of the molecule is COc1cc(C(C)NCC2CCCS2(=O)=O)ccc1O. The fraction of sp³-hybridized carbons (Fsp3) is 0.571. The lowest BCUT2D eigenvalue weighted by molar-refractivity contribution is 0.372. The topological polar surface area (TPSA) is 75.6 Å². The number of ether oxygens (including phenoxy) is 1. The van der Waals surface area contributed by atoms with Crippen molar-refractivity contribution in [1.82, 2.24) is 5.32 Å². The highest BCUT2D eigenvalue weighted by Crippen LogP contribution is 2.29. The standard InChI is InChI=1S/C14H21NO4S/c1-10(11-5-6-13(16)14(8-11)19-2)15-9-12-4-3-7-20(12,17)18/h5-6,8,10,12,15-16H,3-4,7,9H2,1-2H3. The van der Waals surface area contributed by atoms with Crippen molar-refractivity contribution in [2.75, 3.05) is 19.4 Å². The number of nitrogens with one attached hydrogen (secondary N) is 1. The number of sulfone groups is 1. The summed E-state index contributed by atoms with van der Waals surface area (Å²) in [5.74, 6) is 0.826. The highest BCUT2D eigenvalue weighted by atomic mass is 32.2. The lowest BCUT2D eigenvalue weighted by Gasteiger charge is -2.18. The van der Waals surface area contributed by atoms with E-state index < -0.39 is 9.84 Å². The van der Waals surface area contributed by atoms with Gasteiger partial charge < -0.3 is 15.2 Å². The molecule has 6 heteroatoms. The number of phenols is 1. The number of hydrogen-bond acceptors (Lipinski definition) is 5. The fourth-order valence-electron chi connectivity index (χ4n) is 2.48. The molecule has 0 saturated carbocycles. The van der Waals surface area contributed by atoms with Crippen molar-refractivity contribution in [3.8, 4) is 11.5 Å². The molecule has 0 amide bonds. The molecule has 1 aromatic carbocycles. The predicted molar refractivity (Wildman–Crippen MR) is 77.9 cm³/mol. The van der Waals surface area contributed by atoms with Gasteiger partial charge in [-0.2, -0.15) is 0 Å². The molecule has 5 nitrogen and oxygen atoms in total. The Bertz CT molecular complexity index is 571. The Balaban J connectivity index is 2.00. The van der Waals surface area contributed by atoms with Crippen LogP contribution in [-0.4, -0.2) is 38.2 Å². The third kappa shape index (κ3) is 3.24. The van der Waals surface area contributed by atoms with Gasteiger partial charge in [0.2, 0.25) is 0 Å². The minimum absolute atomic E-state index is 0.000278. The van der Waals surface area contributed by atoms with Gasteiger partial charge in [-0.05, 0) is 37.5 Å². The molecule has 0 radical (unpaired) electrons. The lowest BCUT2D eigenvalue weighted by atomic mass is 10.1. The Morgan fingerprint density at radius 2 is 2.25 bits per heavy atom. The zero-order valence-corrected chi connectivity index (χ0v) is 12.6. The third-order valence-corrected chi connectivity index (χ3v) is 6.09. The zero-order chi connectivity index (χ0) is 14.8. The third-order valence-electron chi connectivity index (χ3n) is 3.82. The Labute approximate surface area is 119 Å². The number of rotatable bonds is 5. The Kier molecular flexibility index (Phi) is 4.55. The van der Waals surface area contributed by atoms with Crippen LogP contribution < -0.4 is 10.1 Å². The van der Waals surface area contributed by atoms with Gasteiger partial charge in [-0.3, -0.25) is 0 Å². The summed E-state index contributed by atoms with van der Waals surface area (Å²) < 4.78 is 28.6. The predicted octanol–water partition coefficient (Wildman–Crippen LogP) is 1.63. The first-order valence-electron chi connectivity index (χ1n) is 6.76. The minimum atomic E-state index is -2.91. The van der Waals surface area contributed by atoms with E-state index in [4.69, 9.17) is 4.74 Å². The van der Waals surface area contributed by atoms with Gasteiger partial charge in [0.05, 0.1) is 18.1 Å². The first kappa shape index (κ1) is 15.1. The highest BCUT2D eigenvalue weighted by Gasteiger charge is 2.31. The number of methoxy groups -OCH3 is 1. The van der Waals surface area contributed by atoms with E-state index in [0.717, 1.165) is 18.4 Å². The Hall–Kier alpha value is -1.27. The van der Waals surface area contributed by atoms with Gasteiger partial charge in [-0.15, -0.1) is 0 Å². The van der Waals surface area contributed by atoms with Gasteiger partial charge in [0.1, 0.15) is 0 Å². The van der Waals surface area contributed by atoms with Gasteiger partial charge in [-0.1, -0.05) is 6.07 Å². The summed E-state index contributed by atoms with van der Waals surface area (Å²) in [7, 11) is -1.41. The van der Waals surface area contributed by atoms with Crippen molar-refractivity contribution in [1.29, 1.82) is 0 Å². The van der Waals surface area contributed by atoms with Gasteiger partial charge in [-0.25, -0.2) is 8.42 Å². The average molecular weight is 299 g/mol. The Morgan fingerprint density at radius 3 is 2.85 bits per heavy atom. The summed E-state index contributed by atoms with van der Waals surface area (Å²) in [6, 6.07) is 5.15. The maximum absolute atomic E-state index is 11.8. The van der Waals surface area contributed by atoms with Crippen LogP contribution in [0.5, 0.6) is 11.5 Å². The first-order chi connectivity index (χ1) is 9.44. The number of phenolic OH excluding ortho intramolecular Hbond substituents is 1.